The number of amides is 2. The Morgan fingerprint density at radius 1 is 0.871 bits per heavy atom. The monoisotopic (exact) mass is 419 g/mol. The zero-order valence-corrected chi connectivity index (χ0v) is 17.9. The topological polar surface area (TPSA) is 83.8 Å². The molecule has 2 heterocycles. The highest BCUT2D eigenvalue weighted by Crippen LogP contribution is 2.37. The number of imide groups is 1. The number of benzene rings is 2. The van der Waals surface area contributed by atoms with Crippen LogP contribution < -0.4 is 4.90 Å². The highest BCUT2D eigenvalue weighted by molar-refractivity contribution is 6.45. The third-order valence-electron chi connectivity index (χ3n) is 5.84. The van der Waals surface area contributed by atoms with E-state index in [2.05, 4.69) is 20.8 Å². The molecule has 1 fully saturated rings. The molecule has 0 spiro atoms. The standard InChI is InChI=1S/C24H25N3O4/c1-24(2,3)17-8-12-18(13-9-17)26-22(28)20(16-6-10-19(11-7-16)27(30)31)21(23(26)29)25-14-4-5-15-25/h6-13H,4-5,14-15H2,1-3H3. The summed E-state index contributed by atoms with van der Waals surface area (Å²) in [5.41, 5.74) is 2.74. The first-order chi connectivity index (χ1) is 14.7. The van der Waals surface area contributed by atoms with Gasteiger partial charge in [0.05, 0.1) is 16.2 Å². The predicted molar refractivity (Wildman–Crippen MR) is 118 cm³/mol. The van der Waals surface area contributed by atoms with E-state index in [9.17, 15) is 19.7 Å². The Hall–Kier alpha value is -3.48. The molecule has 7 heteroatoms. The van der Waals surface area contributed by atoms with Crippen LogP contribution in [0.15, 0.2) is 54.2 Å². The SMILES string of the molecule is CC(C)(C)c1ccc(N2C(=O)C(c3ccc([N+](=O)[O-])cc3)=C(N3CCCC3)C2=O)cc1. The van der Waals surface area contributed by atoms with Crippen molar-refractivity contribution in [2.45, 2.75) is 39.0 Å². The molecule has 4 rings (SSSR count). The second kappa shape index (κ2) is 7.65. The molecular weight excluding hydrogens is 394 g/mol. The summed E-state index contributed by atoms with van der Waals surface area (Å²) >= 11 is 0. The maximum absolute atomic E-state index is 13.5. The molecule has 0 atom stereocenters. The first-order valence-electron chi connectivity index (χ1n) is 10.4. The van der Waals surface area contributed by atoms with Gasteiger partial charge < -0.3 is 4.90 Å². The lowest BCUT2D eigenvalue weighted by Crippen LogP contribution is -2.34. The van der Waals surface area contributed by atoms with Crippen molar-refractivity contribution in [2.24, 2.45) is 0 Å². The van der Waals surface area contributed by atoms with Crippen LogP contribution in [0.1, 0.15) is 44.7 Å². The van der Waals surface area contributed by atoms with Crippen molar-refractivity contribution in [3.63, 3.8) is 0 Å². The fourth-order valence-electron chi connectivity index (χ4n) is 4.11. The van der Waals surface area contributed by atoms with Gasteiger partial charge in [0, 0.05) is 25.2 Å². The molecule has 0 aliphatic carbocycles. The number of carbonyl (C=O) groups excluding carboxylic acids is 2. The molecule has 2 aromatic carbocycles. The third-order valence-corrected chi connectivity index (χ3v) is 5.84. The van der Waals surface area contributed by atoms with Crippen molar-refractivity contribution in [1.29, 1.82) is 0 Å². The molecule has 2 amide bonds. The molecule has 2 aliphatic heterocycles. The lowest BCUT2D eigenvalue weighted by atomic mass is 9.87. The van der Waals surface area contributed by atoms with Crippen molar-refractivity contribution in [3.05, 3.63) is 75.5 Å². The van der Waals surface area contributed by atoms with Gasteiger partial charge >= 0.3 is 0 Å². The maximum Gasteiger partial charge on any atom is 0.282 e. The summed E-state index contributed by atoms with van der Waals surface area (Å²) in [5, 5.41) is 11.0. The number of non-ortho nitro benzene ring substituents is 1. The molecule has 160 valence electrons. The van der Waals surface area contributed by atoms with E-state index >= 15 is 0 Å². The molecule has 2 aromatic rings. The molecule has 31 heavy (non-hydrogen) atoms. The summed E-state index contributed by atoms with van der Waals surface area (Å²) in [4.78, 5) is 40.6. The van der Waals surface area contributed by atoms with E-state index in [0.29, 0.717) is 35.6 Å². The van der Waals surface area contributed by atoms with Crippen LogP contribution in [0, 0.1) is 10.1 Å². The number of carbonyl (C=O) groups is 2. The number of nitrogens with zero attached hydrogens (tertiary/aromatic N) is 3. The van der Waals surface area contributed by atoms with Gasteiger partial charge in [-0.1, -0.05) is 32.9 Å². The smallest absolute Gasteiger partial charge is 0.282 e. The molecule has 2 aliphatic rings. The minimum absolute atomic E-state index is 0.0412. The van der Waals surface area contributed by atoms with Gasteiger partial charge in [-0.25, -0.2) is 4.90 Å². The van der Waals surface area contributed by atoms with Gasteiger partial charge in [0.25, 0.3) is 17.5 Å². The van der Waals surface area contributed by atoms with E-state index < -0.39 is 10.8 Å². The molecule has 0 aromatic heterocycles. The van der Waals surface area contributed by atoms with E-state index in [0.717, 1.165) is 18.4 Å². The second-order valence-electron chi connectivity index (χ2n) is 8.96. The number of nitro groups is 1. The van der Waals surface area contributed by atoms with Gasteiger partial charge in [0.1, 0.15) is 5.70 Å². The number of rotatable bonds is 4. The van der Waals surface area contributed by atoms with Gasteiger partial charge in [-0.05, 0) is 53.6 Å². The minimum atomic E-state index is -0.482. The predicted octanol–water partition coefficient (Wildman–Crippen LogP) is 4.27. The van der Waals surface area contributed by atoms with Gasteiger partial charge in [0.15, 0.2) is 0 Å². The summed E-state index contributed by atoms with van der Waals surface area (Å²) in [6.07, 6.45) is 1.91. The fraction of sp³-hybridized carbons (Fsp3) is 0.333. The minimum Gasteiger partial charge on any atom is -0.366 e. The normalized spacial score (nSPS) is 17.1. The average Bonchev–Trinajstić information content (AvgIpc) is 3.33. The van der Waals surface area contributed by atoms with E-state index in [1.165, 1.54) is 17.0 Å². The molecule has 0 radical (unpaired) electrons. The van der Waals surface area contributed by atoms with Gasteiger partial charge in [0.2, 0.25) is 0 Å². The van der Waals surface area contributed by atoms with Crippen LogP contribution in [0.5, 0.6) is 0 Å². The summed E-state index contributed by atoms with van der Waals surface area (Å²) in [6, 6.07) is 13.3. The summed E-state index contributed by atoms with van der Waals surface area (Å²) in [5.74, 6) is -0.743. The highest BCUT2D eigenvalue weighted by atomic mass is 16.6. The largest absolute Gasteiger partial charge is 0.366 e. The Labute approximate surface area is 181 Å². The molecule has 0 saturated carbocycles. The van der Waals surface area contributed by atoms with E-state index in [1.807, 2.05) is 17.0 Å². The zero-order chi connectivity index (χ0) is 22.3. The van der Waals surface area contributed by atoms with Crippen molar-refractivity contribution >= 4 is 28.8 Å². The lowest BCUT2D eigenvalue weighted by molar-refractivity contribution is -0.384. The van der Waals surface area contributed by atoms with E-state index in [-0.39, 0.29) is 17.0 Å². The number of hydrogen-bond acceptors (Lipinski definition) is 5. The van der Waals surface area contributed by atoms with Crippen molar-refractivity contribution in [2.75, 3.05) is 18.0 Å². The fourth-order valence-corrected chi connectivity index (χ4v) is 4.11. The quantitative estimate of drug-likeness (QED) is 0.420. The Morgan fingerprint density at radius 2 is 1.45 bits per heavy atom. The van der Waals surface area contributed by atoms with Crippen molar-refractivity contribution in [1.82, 2.24) is 4.90 Å². The zero-order valence-electron chi connectivity index (χ0n) is 17.9. The summed E-state index contributed by atoms with van der Waals surface area (Å²) in [7, 11) is 0. The number of hydrogen-bond donors (Lipinski definition) is 0. The maximum atomic E-state index is 13.5. The van der Waals surface area contributed by atoms with Crippen molar-refractivity contribution < 1.29 is 14.5 Å². The summed E-state index contributed by atoms with van der Waals surface area (Å²) < 4.78 is 0. The number of likely N-dealkylation sites (tertiary alicyclic amines) is 1. The molecule has 7 nitrogen and oxygen atoms in total. The van der Waals surface area contributed by atoms with E-state index in [4.69, 9.17) is 0 Å². The number of nitro benzene ring substituents is 1. The van der Waals surface area contributed by atoms with Crippen LogP contribution in [0.4, 0.5) is 11.4 Å². The Balaban J connectivity index is 1.76. The van der Waals surface area contributed by atoms with Crippen molar-refractivity contribution in [3.8, 4) is 0 Å². The molecule has 0 N–H and O–H groups in total. The van der Waals surface area contributed by atoms with Gasteiger partial charge in [-0.3, -0.25) is 19.7 Å². The Bertz CT molecular complexity index is 1070. The molecular formula is C24H25N3O4. The van der Waals surface area contributed by atoms with Gasteiger partial charge in [-0.2, -0.15) is 0 Å². The molecule has 0 bridgehead atoms. The third kappa shape index (κ3) is 3.71. The first kappa shape index (κ1) is 20.8. The Kier molecular flexibility index (Phi) is 5.13. The van der Waals surface area contributed by atoms with E-state index in [1.54, 1.807) is 24.3 Å². The lowest BCUT2D eigenvalue weighted by Gasteiger charge is -2.22. The molecule has 1 saturated heterocycles. The van der Waals surface area contributed by atoms with Gasteiger partial charge in [-0.15, -0.1) is 0 Å². The van der Waals surface area contributed by atoms with Crippen LogP contribution in [-0.2, 0) is 15.0 Å². The molecule has 0 unspecified atom stereocenters. The van der Waals surface area contributed by atoms with Crippen LogP contribution in [0.25, 0.3) is 5.57 Å². The highest BCUT2D eigenvalue weighted by Gasteiger charge is 2.43. The summed E-state index contributed by atoms with van der Waals surface area (Å²) in [6.45, 7) is 7.74. The second-order valence-corrected chi connectivity index (χ2v) is 8.96. The van der Waals surface area contributed by atoms with Crippen LogP contribution >= 0.6 is 0 Å². The Morgan fingerprint density at radius 3 is 1.97 bits per heavy atom. The number of anilines is 1. The van der Waals surface area contributed by atoms with Crippen LogP contribution in [0.3, 0.4) is 0 Å². The van der Waals surface area contributed by atoms with Crippen LogP contribution in [-0.4, -0.2) is 34.7 Å². The average molecular weight is 419 g/mol. The first-order valence-corrected chi connectivity index (χ1v) is 10.4. The van der Waals surface area contributed by atoms with Crippen LogP contribution in [0.2, 0.25) is 0 Å².